The van der Waals surface area contributed by atoms with Crippen LogP contribution in [0.3, 0.4) is 0 Å². The van der Waals surface area contributed by atoms with Crippen LogP contribution < -0.4 is 15.8 Å². The van der Waals surface area contributed by atoms with Gasteiger partial charge >= 0.3 is 6.18 Å². The number of aromatic nitrogens is 1. The van der Waals surface area contributed by atoms with E-state index >= 15 is 0 Å². The fourth-order valence-corrected chi connectivity index (χ4v) is 4.15. The highest BCUT2D eigenvalue weighted by Crippen LogP contribution is 2.31. The Balaban J connectivity index is 1.21. The molecule has 1 fully saturated rings. The van der Waals surface area contributed by atoms with Gasteiger partial charge in [-0.2, -0.15) is 13.2 Å². The first-order valence-corrected chi connectivity index (χ1v) is 11.5. The molecule has 0 saturated carbocycles. The van der Waals surface area contributed by atoms with Crippen molar-refractivity contribution in [1.29, 1.82) is 0 Å². The predicted octanol–water partition coefficient (Wildman–Crippen LogP) is 4.00. The number of nitrogens with zero attached hydrogens (tertiary/aromatic N) is 2. The zero-order valence-corrected chi connectivity index (χ0v) is 19.1. The van der Waals surface area contributed by atoms with E-state index in [1.165, 1.54) is 18.2 Å². The van der Waals surface area contributed by atoms with E-state index in [0.717, 1.165) is 31.3 Å². The molecule has 3 aromatic rings. The molecule has 6 nitrogen and oxygen atoms in total. The molecule has 1 aliphatic rings. The minimum Gasteiger partial charge on any atom is -0.369 e. The highest BCUT2D eigenvalue weighted by atomic mass is 19.4. The van der Waals surface area contributed by atoms with Gasteiger partial charge in [0, 0.05) is 44.1 Å². The average Bonchev–Trinajstić information content (AvgIpc) is 2.87. The molecule has 2 N–H and O–H groups in total. The van der Waals surface area contributed by atoms with Crippen molar-refractivity contribution in [2.24, 2.45) is 0 Å². The molecule has 0 bridgehead atoms. The van der Waals surface area contributed by atoms with Crippen LogP contribution in [0.25, 0.3) is 11.3 Å². The summed E-state index contributed by atoms with van der Waals surface area (Å²) in [6.45, 7) is 3.90. The zero-order valence-electron chi connectivity index (χ0n) is 19.1. The van der Waals surface area contributed by atoms with Crippen LogP contribution in [0.2, 0.25) is 0 Å². The zero-order chi connectivity index (χ0) is 24.8. The number of rotatable bonds is 7. The molecule has 0 radical (unpaired) electrons. The monoisotopic (exact) mass is 484 g/mol. The molecular formula is C26H27F3N4O2. The molecule has 4 rings (SSSR count). The van der Waals surface area contributed by atoms with Crippen LogP contribution in [0.4, 0.5) is 18.9 Å². The summed E-state index contributed by atoms with van der Waals surface area (Å²) in [5.74, 6) is -0.416. The summed E-state index contributed by atoms with van der Waals surface area (Å²) in [6, 6.07) is 18.1. The Kier molecular flexibility index (Phi) is 7.55. The Labute approximate surface area is 201 Å². The van der Waals surface area contributed by atoms with Gasteiger partial charge in [0.15, 0.2) is 0 Å². The van der Waals surface area contributed by atoms with Crippen molar-refractivity contribution in [2.75, 3.05) is 44.2 Å². The number of aromatic amines is 1. The first-order valence-electron chi connectivity index (χ1n) is 11.5. The molecule has 0 atom stereocenters. The van der Waals surface area contributed by atoms with E-state index in [1.54, 1.807) is 12.1 Å². The predicted molar refractivity (Wildman–Crippen MR) is 130 cm³/mol. The number of anilines is 1. The van der Waals surface area contributed by atoms with Crippen LogP contribution in [-0.4, -0.2) is 55.1 Å². The number of pyridine rings is 1. The van der Waals surface area contributed by atoms with Crippen molar-refractivity contribution in [3.8, 4) is 11.3 Å². The first-order chi connectivity index (χ1) is 16.8. The van der Waals surface area contributed by atoms with Crippen molar-refractivity contribution in [1.82, 2.24) is 15.2 Å². The summed E-state index contributed by atoms with van der Waals surface area (Å²) in [5, 5.41) is 2.79. The lowest BCUT2D eigenvalue weighted by molar-refractivity contribution is -0.137. The third-order valence-corrected chi connectivity index (χ3v) is 6.09. The van der Waals surface area contributed by atoms with Gasteiger partial charge in [0.1, 0.15) is 5.56 Å². The Morgan fingerprint density at radius 2 is 1.69 bits per heavy atom. The molecule has 184 valence electrons. The van der Waals surface area contributed by atoms with Gasteiger partial charge in [-0.3, -0.25) is 14.5 Å². The third kappa shape index (κ3) is 6.30. The van der Waals surface area contributed by atoms with Crippen molar-refractivity contribution < 1.29 is 18.0 Å². The topological polar surface area (TPSA) is 68.4 Å². The van der Waals surface area contributed by atoms with Crippen molar-refractivity contribution in [2.45, 2.75) is 12.6 Å². The second kappa shape index (κ2) is 10.8. The highest BCUT2D eigenvalue weighted by molar-refractivity contribution is 5.94. The molecule has 0 unspecified atom stereocenters. The Morgan fingerprint density at radius 3 is 2.37 bits per heavy atom. The number of carbonyl (C=O) groups is 1. The number of H-pyrrole nitrogens is 1. The molecule has 2 heterocycles. The van der Waals surface area contributed by atoms with Gasteiger partial charge < -0.3 is 15.2 Å². The highest BCUT2D eigenvalue weighted by Gasteiger charge is 2.31. The Morgan fingerprint density at radius 1 is 0.943 bits per heavy atom. The number of hydrogen-bond acceptors (Lipinski definition) is 4. The number of piperazine rings is 1. The average molecular weight is 485 g/mol. The minimum absolute atomic E-state index is 0.0689. The van der Waals surface area contributed by atoms with E-state index in [1.807, 2.05) is 35.2 Å². The lowest BCUT2D eigenvalue weighted by atomic mass is 10.1. The van der Waals surface area contributed by atoms with Gasteiger partial charge in [-0.25, -0.2) is 0 Å². The number of carbonyl (C=O) groups excluding carboxylic acids is 1. The maximum absolute atomic E-state index is 13.0. The lowest BCUT2D eigenvalue weighted by Gasteiger charge is -2.36. The fraction of sp³-hybridized carbons (Fsp3) is 0.308. The summed E-state index contributed by atoms with van der Waals surface area (Å²) >= 11 is 0. The maximum atomic E-state index is 13.0. The third-order valence-electron chi connectivity index (χ3n) is 6.09. The standard InChI is InChI=1S/C26H27F3N4O2/c27-26(28,29)20-8-4-9-21(18-20)33-16-14-32(15-17-33)13-5-12-30-24(34)22-10-11-23(31-25(22)35)19-6-2-1-3-7-19/h1-4,6-11,18H,5,12-17H2,(H,30,34)(H,31,35). The van der Waals surface area contributed by atoms with Crippen LogP contribution in [-0.2, 0) is 6.18 Å². The molecule has 2 aromatic carbocycles. The number of nitrogens with one attached hydrogen (secondary N) is 2. The van der Waals surface area contributed by atoms with Crippen LogP contribution in [0.15, 0.2) is 71.5 Å². The van der Waals surface area contributed by atoms with Gasteiger partial charge in [0.25, 0.3) is 11.5 Å². The van der Waals surface area contributed by atoms with Crippen molar-refractivity contribution in [3.05, 3.63) is 88.2 Å². The molecule has 35 heavy (non-hydrogen) atoms. The number of hydrogen-bond donors (Lipinski definition) is 2. The summed E-state index contributed by atoms with van der Waals surface area (Å²) < 4.78 is 38.9. The van der Waals surface area contributed by atoms with Gasteiger partial charge in [0.05, 0.1) is 5.56 Å². The summed E-state index contributed by atoms with van der Waals surface area (Å²) in [5.41, 5.74) is 1.09. The van der Waals surface area contributed by atoms with E-state index in [0.29, 0.717) is 37.4 Å². The number of alkyl halides is 3. The maximum Gasteiger partial charge on any atom is 0.416 e. The SMILES string of the molecule is O=C(NCCCN1CCN(c2cccc(C(F)(F)F)c2)CC1)c1ccc(-c2ccccc2)[nH]c1=O. The molecule has 1 aliphatic heterocycles. The smallest absolute Gasteiger partial charge is 0.369 e. The molecule has 9 heteroatoms. The Bertz CT molecular complexity index is 1200. The van der Waals surface area contributed by atoms with Crippen molar-refractivity contribution in [3.63, 3.8) is 0 Å². The van der Waals surface area contributed by atoms with Gasteiger partial charge in [0.2, 0.25) is 0 Å². The second-order valence-electron chi connectivity index (χ2n) is 8.47. The van der Waals surface area contributed by atoms with E-state index in [2.05, 4.69) is 15.2 Å². The fourth-order valence-electron chi connectivity index (χ4n) is 4.15. The largest absolute Gasteiger partial charge is 0.416 e. The molecule has 0 aliphatic carbocycles. The van der Waals surface area contributed by atoms with Crippen LogP contribution in [0.5, 0.6) is 0 Å². The van der Waals surface area contributed by atoms with Gasteiger partial charge in [-0.15, -0.1) is 0 Å². The van der Waals surface area contributed by atoms with E-state index in [4.69, 9.17) is 0 Å². The molecule has 1 aromatic heterocycles. The first kappa shape index (κ1) is 24.5. The summed E-state index contributed by atoms with van der Waals surface area (Å²) in [7, 11) is 0. The van der Waals surface area contributed by atoms with E-state index in [-0.39, 0.29) is 5.56 Å². The molecule has 1 saturated heterocycles. The van der Waals surface area contributed by atoms with Crippen LogP contribution in [0, 0.1) is 0 Å². The normalized spacial score (nSPS) is 14.7. The number of amides is 1. The van der Waals surface area contributed by atoms with Crippen molar-refractivity contribution >= 4 is 11.6 Å². The summed E-state index contributed by atoms with van der Waals surface area (Å²) in [6.07, 6.45) is -3.65. The molecule has 1 amide bonds. The van der Waals surface area contributed by atoms with Gasteiger partial charge in [-0.05, 0) is 48.9 Å². The van der Waals surface area contributed by atoms with E-state index in [9.17, 15) is 22.8 Å². The van der Waals surface area contributed by atoms with E-state index < -0.39 is 23.2 Å². The minimum atomic E-state index is -4.35. The van der Waals surface area contributed by atoms with Crippen LogP contribution >= 0.6 is 0 Å². The Hall–Kier alpha value is -3.59. The quantitative estimate of drug-likeness (QED) is 0.498. The number of halogens is 3. The van der Waals surface area contributed by atoms with Crippen LogP contribution in [0.1, 0.15) is 22.3 Å². The lowest BCUT2D eigenvalue weighted by Crippen LogP contribution is -2.47. The van der Waals surface area contributed by atoms with Gasteiger partial charge in [-0.1, -0.05) is 36.4 Å². The summed E-state index contributed by atoms with van der Waals surface area (Å²) in [4.78, 5) is 31.7. The second-order valence-corrected chi connectivity index (χ2v) is 8.47. The molecule has 0 spiro atoms. The number of benzene rings is 2. The molecular weight excluding hydrogens is 457 g/mol.